The first-order valence-electron chi connectivity index (χ1n) is 9.16. The Labute approximate surface area is 154 Å². The van der Waals surface area contributed by atoms with Crippen LogP contribution in [0.3, 0.4) is 0 Å². The lowest BCUT2D eigenvalue weighted by atomic mass is 9.85. The van der Waals surface area contributed by atoms with Gasteiger partial charge in [-0.25, -0.2) is 0 Å². The van der Waals surface area contributed by atoms with Crippen LogP contribution in [0.1, 0.15) is 30.8 Å². The monoisotopic (exact) mass is 360 g/mol. The molecule has 0 aromatic carbocycles. The van der Waals surface area contributed by atoms with Gasteiger partial charge in [0.25, 0.3) is 5.91 Å². The van der Waals surface area contributed by atoms with E-state index in [9.17, 15) is 14.4 Å². The number of aromatic nitrogens is 1. The van der Waals surface area contributed by atoms with Crippen molar-refractivity contribution < 1.29 is 14.4 Å². The van der Waals surface area contributed by atoms with Gasteiger partial charge in [0.05, 0.1) is 0 Å². The maximum Gasteiger partial charge on any atom is 0.270 e. The average Bonchev–Trinajstić information content (AvgIpc) is 3.05. The minimum atomic E-state index is -0.395. The highest BCUT2D eigenvalue weighted by Gasteiger charge is 2.47. The van der Waals surface area contributed by atoms with E-state index in [2.05, 4.69) is 0 Å². The minimum absolute atomic E-state index is 0.0438. The third kappa shape index (κ3) is 3.34. The van der Waals surface area contributed by atoms with Gasteiger partial charge < -0.3 is 19.3 Å². The van der Waals surface area contributed by atoms with Crippen LogP contribution in [0.25, 0.3) is 0 Å². The first kappa shape index (κ1) is 18.5. The molecular formula is C19H28N4O3. The molecule has 1 atom stereocenters. The van der Waals surface area contributed by atoms with E-state index < -0.39 is 5.41 Å². The molecule has 0 aliphatic carbocycles. The number of hydrogen-bond acceptors (Lipinski definition) is 3. The molecule has 142 valence electrons. The van der Waals surface area contributed by atoms with Crippen LogP contribution in [0, 0.1) is 11.3 Å². The van der Waals surface area contributed by atoms with Gasteiger partial charge in [-0.15, -0.1) is 0 Å². The molecule has 2 saturated heterocycles. The van der Waals surface area contributed by atoms with Gasteiger partial charge in [0.2, 0.25) is 11.8 Å². The quantitative estimate of drug-likeness (QED) is 0.784. The fourth-order valence-corrected chi connectivity index (χ4v) is 4.15. The Morgan fingerprint density at radius 2 is 1.73 bits per heavy atom. The van der Waals surface area contributed by atoms with Crippen LogP contribution in [0.15, 0.2) is 18.3 Å². The van der Waals surface area contributed by atoms with E-state index in [-0.39, 0.29) is 23.6 Å². The summed E-state index contributed by atoms with van der Waals surface area (Å²) < 4.78 is 1.81. The minimum Gasteiger partial charge on any atom is -0.347 e. The van der Waals surface area contributed by atoms with E-state index >= 15 is 0 Å². The van der Waals surface area contributed by atoms with E-state index in [1.165, 1.54) is 0 Å². The second-order valence-electron chi connectivity index (χ2n) is 8.07. The third-order valence-corrected chi connectivity index (χ3v) is 5.47. The van der Waals surface area contributed by atoms with E-state index in [1.807, 2.05) is 53.6 Å². The molecular weight excluding hydrogens is 332 g/mol. The van der Waals surface area contributed by atoms with Crippen molar-refractivity contribution >= 4 is 17.7 Å². The van der Waals surface area contributed by atoms with E-state index in [0.717, 1.165) is 0 Å². The van der Waals surface area contributed by atoms with Crippen LogP contribution in [0.5, 0.6) is 0 Å². The highest BCUT2D eigenvalue weighted by Crippen LogP contribution is 2.35. The van der Waals surface area contributed by atoms with Gasteiger partial charge in [0.1, 0.15) is 5.69 Å². The van der Waals surface area contributed by atoms with Crippen molar-refractivity contribution in [1.82, 2.24) is 19.3 Å². The zero-order chi connectivity index (χ0) is 19.1. The molecule has 1 aromatic heterocycles. The largest absolute Gasteiger partial charge is 0.347 e. The number of amides is 3. The molecule has 0 radical (unpaired) electrons. The maximum atomic E-state index is 13.1. The zero-order valence-corrected chi connectivity index (χ0v) is 16.1. The fourth-order valence-electron chi connectivity index (χ4n) is 4.15. The molecule has 0 saturated carbocycles. The third-order valence-electron chi connectivity index (χ3n) is 5.47. The second-order valence-corrected chi connectivity index (χ2v) is 8.07. The number of hydrogen-bond donors (Lipinski definition) is 0. The van der Waals surface area contributed by atoms with Gasteiger partial charge >= 0.3 is 0 Å². The predicted molar refractivity (Wildman–Crippen MR) is 97.4 cm³/mol. The molecule has 3 rings (SSSR count). The van der Waals surface area contributed by atoms with Crippen LogP contribution >= 0.6 is 0 Å². The molecule has 2 aliphatic heterocycles. The number of nitrogens with zero attached hydrogens (tertiary/aromatic N) is 4. The summed E-state index contributed by atoms with van der Waals surface area (Å²) in [5.41, 5.74) is 0.231. The van der Waals surface area contributed by atoms with Crippen LogP contribution in [-0.4, -0.2) is 76.8 Å². The zero-order valence-electron chi connectivity index (χ0n) is 16.1. The molecule has 0 bridgehead atoms. The van der Waals surface area contributed by atoms with Gasteiger partial charge in [-0.1, -0.05) is 13.8 Å². The summed E-state index contributed by atoms with van der Waals surface area (Å²) in [7, 11) is 3.64. The molecule has 7 nitrogen and oxygen atoms in total. The normalized spacial score (nSPS) is 23.9. The summed E-state index contributed by atoms with van der Waals surface area (Å²) in [4.78, 5) is 43.3. The number of aryl methyl sites for hydroxylation is 1. The molecule has 3 heterocycles. The standard InChI is InChI=1S/C19H28N4O3/c1-14(2)17(25)22-8-9-23(18(26)15-6-5-7-20(15)3)13-19(12-22)10-16(24)21(4)11-19/h5-7,14H,8-13H2,1-4H3/t19-/m0/s1. The van der Waals surface area contributed by atoms with E-state index in [0.29, 0.717) is 44.8 Å². The lowest BCUT2D eigenvalue weighted by Crippen LogP contribution is -2.46. The Morgan fingerprint density at radius 1 is 1.08 bits per heavy atom. The molecule has 1 aromatic rings. The Hall–Kier alpha value is -2.31. The SMILES string of the molecule is CC(C)C(=O)N1CCN(C(=O)c2cccn2C)C[C@]2(CC(=O)N(C)C2)C1. The molecule has 3 amide bonds. The van der Waals surface area contributed by atoms with Gasteiger partial charge in [-0.3, -0.25) is 14.4 Å². The maximum absolute atomic E-state index is 13.1. The molecule has 2 aliphatic rings. The highest BCUT2D eigenvalue weighted by atomic mass is 16.2. The first-order chi connectivity index (χ1) is 12.2. The van der Waals surface area contributed by atoms with Crippen LogP contribution in [0.2, 0.25) is 0 Å². The molecule has 7 heteroatoms. The van der Waals surface area contributed by atoms with Gasteiger partial charge in [0.15, 0.2) is 0 Å². The van der Waals surface area contributed by atoms with Crippen molar-refractivity contribution in [3.63, 3.8) is 0 Å². The Kier molecular flexibility index (Phi) is 4.82. The Bertz CT molecular complexity index is 726. The molecule has 2 fully saturated rings. The molecule has 26 heavy (non-hydrogen) atoms. The number of carbonyl (C=O) groups excluding carboxylic acids is 3. The smallest absolute Gasteiger partial charge is 0.270 e. The fraction of sp³-hybridized carbons (Fsp3) is 0.632. The summed E-state index contributed by atoms with van der Waals surface area (Å²) in [6.45, 7) is 6.36. The van der Waals surface area contributed by atoms with Gasteiger partial charge in [-0.05, 0) is 12.1 Å². The van der Waals surface area contributed by atoms with E-state index in [4.69, 9.17) is 0 Å². The number of rotatable bonds is 2. The predicted octanol–water partition coefficient (Wildman–Crippen LogP) is 0.814. The number of carbonyl (C=O) groups is 3. The molecule has 1 spiro atoms. The van der Waals surface area contributed by atoms with Crippen molar-refractivity contribution in [3.8, 4) is 0 Å². The van der Waals surface area contributed by atoms with Crippen molar-refractivity contribution in [1.29, 1.82) is 0 Å². The van der Waals surface area contributed by atoms with Gasteiger partial charge in [-0.2, -0.15) is 0 Å². The summed E-state index contributed by atoms with van der Waals surface area (Å²) in [5, 5.41) is 0. The van der Waals surface area contributed by atoms with Crippen molar-refractivity contribution in [3.05, 3.63) is 24.0 Å². The first-order valence-corrected chi connectivity index (χ1v) is 9.16. The highest BCUT2D eigenvalue weighted by molar-refractivity contribution is 5.93. The van der Waals surface area contributed by atoms with Crippen LogP contribution < -0.4 is 0 Å². The lowest BCUT2D eigenvalue weighted by molar-refractivity contribution is -0.135. The van der Waals surface area contributed by atoms with Crippen LogP contribution in [0.4, 0.5) is 0 Å². The van der Waals surface area contributed by atoms with Crippen molar-refractivity contribution in [2.45, 2.75) is 20.3 Å². The topological polar surface area (TPSA) is 65.9 Å². The Balaban J connectivity index is 1.90. The summed E-state index contributed by atoms with van der Waals surface area (Å²) in [5.74, 6) is 0.0180. The number of likely N-dealkylation sites (tertiary alicyclic amines) is 1. The van der Waals surface area contributed by atoms with Crippen molar-refractivity contribution in [2.24, 2.45) is 18.4 Å². The molecule has 0 unspecified atom stereocenters. The van der Waals surface area contributed by atoms with Gasteiger partial charge in [0, 0.05) is 70.8 Å². The summed E-state index contributed by atoms with van der Waals surface area (Å²) in [6.07, 6.45) is 2.23. The second kappa shape index (κ2) is 6.78. The summed E-state index contributed by atoms with van der Waals surface area (Å²) >= 11 is 0. The lowest BCUT2D eigenvalue weighted by Gasteiger charge is -2.33. The van der Waals surface area contributed by atoms with Crippen molar-refractivity contribution in [2.75, 3.05) is 39.8 Å². The van der Waals surface area contributed by atoms with Crippen LogP contribution in [-0.2, 0) is 16.6 Å². The molecule has 0 N–H and O–H groups in total. The summed E-state index contributed by atoms with van der Waals surface area (Å²) in [6, 6.07) is 3.66. The average molecular weight is 360 g/mol. The Morgan fingerprint density at radius 3 is 2.27 bits per heavy atom. The van der Waals surface area contributed by atoms with E-state index in [1.54, 1.807) is 11.9 Å².